The molecule has 0 fully saturated rings. The Morgan fingerprint density at radius 1 is 1.50 bits per heavy atom. The summed E-state index contributed by atoms with van der Waals surface area (Å²) in [6.45, 7) is 2.83. The maximum absolute atomic E-state index is 13.7. The normalized spacial score (nSPS) is 11.0. The van der Waals surface area contributed by atoms with E-state index in [0.717, 1.165) is 17.7 Å². The lowest BCUT2D eigenvalue weighted by atomic mass is 10.2. The van der Waals surface area contributed by atoms with E-state index < -0.39 is 0 Å². The first kappa shape index (κ1) is 10.7. The van der Waals surface area contributed by atoms with Crippen molar-refractivity contribution in [3.05, 3.63) is 17.9 Å². The van der Waals surface area contributed by atoms with Crippen LogP contribution in [0, 0.1) is 5.82 Å². The lowest BCUT2D eigenvalue weighted by Crippen LogP contribution is -2.16. The third-order valence-corrected chi connectivity index (χ3v) is 2.73. The second kappa shape index (κ2) is 3.66. The molecule has 0 bridgehead atoms. The van der Waals surface area contributed by atoms with Gasteiger partial charge < -0.3 is 10.6 Å². The maximum atomic E-state index is 13.7. The fourth-order valence-corrected chi connectivity index (χ4v) is 1.80. The van der Waals surface area contributed by atoms with Crippen LogP contribution in [0.2, 0.25) is 0 Å². The zero-order valence-corrected chi connectivity index (χ0v) is 9.66. The molecule has 4 nitrogen and oxygen atoms in total. The molecule has 1 aromatic heterocycles. The number of nitrogens with zero attached hydrogens (tertiary/aromatic N) is 3. The molecule has 2 rings (SSSR count). The van der Waals surface area contributed by atoms with Crippen LogP contribution in [0.5, 0.6) is 0 Å². The Bertz CT molecular complexity index is 532. The zero-order chi connectivity index (χ0) is 11.9. The van der Waals surface area contributed by atoms with E-state index >= 15 is 0 Å². The van der Waals surface area contributed by atoms with E-state index in [4.69, 9.17) is 5.73 Å². The number of hydrogen-bond donors (Lipinski definition) is 1. The lowest BCUT2D eigenvalue weighted by Gasteiger charge is -2.13. The Hall–Kier alpha value is -1.78. The van der Waals surface area contributed by atoms with Gasteiger partial charge in [0.15, 0.2) is 11.6 Å². The van der Waals surface area contributed by atoms with Gasteiger partial charge >= 0.3 is 0 Å². The summed E-state index contributed by atoms with van der Waals surface area (Å²) in [5.74, 6) is 0.423. The van der Waals surface area contributed by atoms with Gasteiger partial charge in [-0.05, 0) is 19.1 Å². The average molecular weight is 222 g/mol. The molecule has 5 heteroatoms. The van der Waals surface area contributed by atoms with E-state index in [0.29, 0.717) is 11.2 Å². The van der Waals surface area contributed by atoms with E-state index in [-0.39, 0.29) is 5.82 Å². The average Bonchev–Trinajstić information content (AvgIpc) is 2.54. The van der Waals surface area contributed by atoms with E-state index in [1.807, 2.05) is 18.9 Å². The molecular weight excluding hydrogens is 207 g/mol. The molecule has 0 aliphatic heterocycles. The van der Waals surface area contributed by atoms with Crippen molar-refractivity contribution < 1.29 is 4.39 Å². The highest BCUT2D eigenvalue weighted by Gasteiger charge is 2.15. The minimum absolute atomic E-state index is 0.333. The largest absolute Gasteiger partial charge is 0.399 e. The van der Waals surface area contributed by atoms with Gasteiger partial charge in [-0.15, -0.1) is 0 Å². The minimum Gasteiger partial charge on any atom is -0.399 e. The quantitative estimate of drug-likeness (QED) is 0.787. The summed E-state index contributed by atoms with van der Waals surface area (Å²) in [5.41, 5.74) is 6.56. The van der Waals surface area contributed by atoms with Crippen LogP contribution >= 0.6 is 0 Å². The summed E-state index contributed by atoms with van der Waals surface area (Å²) in [6, 6.07) is 3.08. The summed E-state index contributed by atoms with van der Waals surface area (Å²) in [6.07, 6.45) is 0. The highest BCUT2D eigenvalue weighted by atomic mass is 19.1. The van der Waals surface area contributed by atoms with Gasteiger partial charge in [-0.1, -0.05) is 0 Å². The van der Waals surface area contributed by atoms with Crippen LogP contribution in [-0.2, 0) is 7.05 Å². The molecule has 0 saturated heterocycles. The number of nitrogen functional groups attached to an aromatic ring is 1. The smallest absolute Gasteiger partial charge is 0.158 e. The van der Waals surface area contributed by atoms with Crippen molar-refractivity contribution in [2.75, 3.05) is 24.2 Å². The summed E-state index contributed by atoms with van der Waals surface area (Å²) < 4.78 is 15.3. The monoisotopic (exact) mass is 222 g/mol. The highest BCUT2D eigenvalue weighted by Crippen LogP contribution is 2.28. The number of anilines is 2. The van der Waals surface area contributed by atoms with Gasteiger partial charge in [0.25, 0.3) is 0 Å². The molecule has 2 aromatic rings. The lowest BCUT2D eigenvalue weighted by molar-refractivity contribution is 0.626. The third kappa shape index (κ3) is 1.48. The SMILES string of the molecule is CCN(C)c1nn(C)c2c(F)cc(N)cc12. The summed E-state index contributed by atoms with van der Waals surface area (Å²) in [5, 5.41) is 5.06. The molecule has 0 amide bonds. The van der Waals surface area contributed by atoms with E-state index in [2.05, 4.69) is 5.10 Å². The Morgan fingerprint density at radius 3 is 2.81 bits per heavy atom. The van der Waals surface area contributed by atoms with Gasteiger partial charge in [-0.3, -0.25) is 4.68 Å². The predicted octanol–water partition coefficient (Wildman–Crippen LogP) is 1.75. The maximum Gasteiger partial charge on any atom is 0.158 e. The molecule has 0 aliphatic rings. The number of nitrogens with two attached hydrogens (primary N) is 1. The van der Waals surface area contributed by atoms with Gasteiger partial charge in [0.1, 0.15) is 5.52 Å². The van der Waals surface area contributed by atoms with Gasteiger partial charge in [0.05, 0.1) is 0 Å². The van der Waals surface area contributed by atoms with Gasteiger partial charge in [0.2, 0.25) is 0 Å². The third-order valence-electron chi connectivity index (χ3n) is 2.73. The molecule has 86 valence electrons. The van der Waals surface area contributed by atoms with Gasteiger partial charge in [0, 0.05) is 31.7 Å². The molecule has 16 heavy (non-hydrogen) atoms. The van der Waals surface area contributed by atoms with Crippen LogP contribution < -0.4 is 10.6 Å². The van der Waals surface area contributed by atoms with Crippen LogP contribution in [0.4, 0.5) is 15.9 Å². The summed E-state index contributed by atoms with van der Waals surface area (Å²) in [4.78, 5) is 1.96. The van der Waals surface area contributed by atoms with E-state index in [9.17, 15) is 4.39 Å². The first-order valence-electron chi connectivity index (χ1n) is 5.17. The number of halogens is 1. The molecule has 0 aliphatic carbocycles. The summed E-state index contributed by atoms with van der Waals surface area (Å²) >= 11 is 0. The number of benzene rings is 1. The van der Waals surface area contributed by atoms with Crippen molar-refractivity contribution in [1.29, 1.82) is 0 Å². The van der Waals surface area contributed by atoms with Crippen LogP contribution in [0.15, 0.2) is 12.1 Å². The van der Waals surface area contributed by atoms with Crippen LogP contribution in [-0.4, -0.2) is 23.4 Å². The van der Waals surface area contributed by atoms with Crippen molar-refractivity contribution in [3.63, 3.8) is 0 Å². The number of aromatic nitrogens is 2. The molecule has 1 heterocycles. The number of rotatable bonds is 2. The minimum atomic E-state index is -0.333. The zero-order valence-electron chi connectivity index (χ0n) is 9.66. The molecule has 0 spiro atoms. The Morgan fingerprint density at radius 2 is 2.19 bits per heavy atom. The molecule has 0 saturated carbocycles. The molecule has 0 atom stereocenters. The topological polar surface area (TPSA) is 47.1 Å². The van der Waals surface area contributed by atoms with Crippen molar-refractivity contribution in [1.82, 2.24) is 9.78 Å². The molecule has 1 aromatic carbocycles. The van der Waals surface area contributed by atoms with Crippen LogP contribution in [0.25, 0.3) is 10.9 Å². The Kier molecular flexibility index (Phi) is 2.46. The second-order valence-electron chi connectivity index (χ2n) is 3.86. The predicted molar refractivity (Wildman–Crippen MR) is 64.0 cm³/mol. The fraction of sp³-hybridized carbons (Fsp3) is 0.364. The van der Waals surface area contributed by atoms with Gasteiger partial charge in [-0.2, -0.15) is 5.10 Å². The molecule has 0 radical (unpaired) electrons. The highest BCUT2D eigenvalue weighted by molar-refractivity contribution is 5.93. The van der Waals surface area contributed by atoms with E-state index in [1.54, 1.807) is 17.8 Å². The number of aryl methyl sites for hydroxylation is 1. The second-order valence-corrected chi connectivity index (χ2v) is 3.86. The van der Waals surface area contributed by atoms with Crippen molar-refractivity contribution in [2.45, 2.75) is 6.92 Å². The van der Waals surface area contributed by atoms with Crippen molar-refractivity contribution in [3.8, 4) is 0 Å². The van der Waals surface area contributed by atoms with E-state index in [1.165, 1.54) is 6.07 Å². The van der Waals surface area contributed by atoms with Crippen LogP contribution in [0.1, 0.15) is 6.92 Å². The fourth-order valence-electron chi connectivity index (χ4n) is 1.80. The first-order valence-corrected chi connectivity index (χ1v) is 5.17. The molecular formula is C11H15FN4. The number of hydrogen-bond acceptors (Lipinski definition) is 3. The standard InChI is InChI=1S/C11H15FN4/c1-4-15(2)11-8-5-7(13)6-9(12)10(8)16(3)14-11/h5-6H,4,13H2,1-3H3. The van der Waals surface area contributed by atoms with Crippen molar-refractivity contribution in [2.24, 2.45) is 7.05 Å². The Labute approximate surface area is 93.4 Å². The Balaban J connectivity index is 2.78. The van der Waals surface area contributed by atoms with Crippen molar-refractivity contribution >= 4 is 22.4 Å². The first-order chi connectivity index (χ1) is 7.54. The summed E-state index contributed by atoms with van der Waals surface area (Å²) in [7, 11) is 3.65. The van der Waals surface area contributed by atoms with Crippen LogP contribution in [0.3, 0.4) is 0 Å². The number of fused-ring (bicyclic) bond motifs is 1. The molecule has 2 N–H and O–H groups in total. The molecule has 0 unspecified atom stereocenters. The van der Waals surface area contributed by atoms with Gasteiger partial charge in [-0.25, -0.2) is 4.39 Å².